The average Bonchev–Trinajstić information content (AvgIpc) is 3.10. The molecule has 0 aliphatic heterocycles. The van der Waals surface area contributed by atoms with E-state index in [0.29, 0.717) is 16.2 Å². The third-order valence-electron chi connectivity index (χ3n) is 11.3. The molecule has 0 amide bonds. The molecular formula is C39H49PSSi2. The lowest BCUT2D eigenvalue weighted by Gasteiger charge is -2.57. The molecule has 4 aromatic carbocycles. The SMILES string of the molecule is C[Si](c1ccccc1)(c1ccccc1)C([Si](C)(c1ccccc1)c1ccccc1)P(=S)(C1CCCCC1)C1CCCCC1. The lowest BCUT2D eigenvalue weighted by atomic mass is 9.99. The molecule has 224 valence electrons. The molecule has 0 spiro atoms. The van der Waals surface area contributed by atoms with E-state index in [-0.39, 0.29) is 0 Å². The van der Waals surface area contributed by atoms with E-state index >= 15 is 0 Å². The zero-order valence-electron chi connectivity index (χ0n) is 26.2. The Hall–Kier alpha value is -2.04. The van der Waals surface area contributed by atoms with Gasteiger partial charge in [-0.25, -0.2) is 0 Å². The summed E-state index contributed by atoms with van der Waals surface area (Å²) in [7, 11) is -4.86. The first-order chi connectivity index (χ1) is 21.0. The Morgan fingerprint density at radius 2 is 0.721 bits per heavy atom. The first-order valence-electron chi connectivity index (χ1n) is 16.8. The highest BCUT2D eigenvalue weighted by molar-refractivity contribution is 8.17. The van der Waals surface area contributed by atoms with Gasteiger partial charge in [0.2, 0.25) is 0 Å². The molecule has 0 radical (unpaired) electrons. The van der Waals surface area contributed by atoms with Crippen molar-refractivity contribution in [2.45, 2.75) is 93.5 Å². The molecule has 0 unspecified atom stereocenters. The van der Waals surface area contributed by atoms with Crippen molar-refractivity contribution < 1.29 is 0 Å². The van der Waals surface area contributed by atoms with Gasteiger partial charge in [0.1, 0.15) is 16.1 Å². The Bertz CT molecular complexity index is 1290. The molecule has 0 atom stereocenters. The van der Waals surface area contributed by atoms with Crippen molar-refractivity contribution in [3.05, 3.63) is 121 Å². The van der Waals surface area contributed by atoms with Crippen LogP contribution in [0.3, 0.4) is 0 Å². The van der Waals surface area contributed by atoms with Gasteiger partial charge in [-0.15, -0.1) is 0 Å². The summed E-state index contributed by atoms with van der Waals surface area (Å²) in [4.78, 5) is 0.531. The smallest absolute Gasteiger partial charge is 0.0972 e. The Labute approximate surface area is 268 Å². The van der Waals surface area contributed by atoms with E-state index in [1.165, 1.54) is 64.2 Å². The fourth-order valence-electron chi connectivity index (χ4n) is 9.18. The predicted molar refractivity (Wildman–Crippen MR) is 199 cm³/mol. The minimum Gasteiger partial charge on any atom is -0.0972 e. The maximum absolute atomic E-state index is 7.74. The summed E-state index contributed by atoms with van der Waals surface area (Å²) < 4.78 is 0. The highest BCUT2D eigenvalue weighted by Gasteiger charge is 2.61. The van der Waals surface area contributed by atoms with Gasteiger partial charge in [0, 0.05) is 0 Å². The van der Waals surface area contributed by atoms with Crippen LogP contribution in [0.5, 0.6) is 0 Å². The zero-order valence-corrected chi connectivity index (χ0v) is 29.9. The molecule has 0 N–H and O–H groups in total. The van der Waals surface area contributed by atoms with E-state index in [9.17, 15) is 0 Å². The normalized spacial score (nSPS) is 17.7. The Morgan fingerprint density at radius 3 is 0.977 bits per heavy atom. The standard InChI is InChI=1S/C39H49PSSi2/c1-42(35-25-13-5-14-26-35,36-27-15-6-16-28-36)39(40(41,33-21-9-3-10-22-33)34-23-11-4-12-24-34)43(2,37-29-17-7-18-30-37)38-31-19-8-20-32-38/h5-8,13-20,25-34,39H,3-4,9-12,21-24H2,1-2H3. The summed E-state index contributed by atoms with van der Waals surface area (Å²) in [6.07, 6.45) is 13.7. The number of hydrogen-bond donors (Lipinski definition) is 0. The molecule has 43 heavy (non-hydrogen) atoms. The third kappa shape index (κ3) is 5.76. The first kappa shape index (κ1) is 31.0. The largest absolute Gasteiger partial charge is 0.121 e. The first-order valence-corrected chi connectivity index (χ1v) is 25.0. The van der Waals surface area contributed by atoms with Crippen molar-refractivity contribution in [3.63, 3.8) is 0 Å². The maximum atomic E-state index is 7.74. The molecule has 4 heteroatoms. The van der Waals surface area contributed by atoms with Crippen LogP contribution in [0.4, 0.5) is 0 Å². The van der Waals surface area contributed by atoms with E-state index in [1.807, 2.05) is 0 Å². The molecule has 0 aromatic heterocycles. The summed E-state index contributed by atoms with van der Waals surface area (Å²) in [5.41, 5.74) is 1.42. The molecule has 2 aliphatic rings. The van der Waals surface area contributed by atoms with Crippen LogP contribution in [-0.2, 0) is 11.8 Å². The van der Waals surface area contributed by atoms with Crippen LogP contribution in [0.2, 0.25) is 13.1 Å². The molecule has 0 nitrogen and oxygen atoms in total. The third-order valence-corrected chi connectivity index (χ3v) is 36.4. The van der Waals surface area contributed by atoms with Crippen LogP contribution in [0.25, 0.3) is 0 Å². The van der Waals surface area contributed by atoms with Gasteiger partial charge < -0.3 is 0 Å². The van der Waals surface area contributed by atoms with E-state index in [1.54, 1.807) is 20.7 Å². The topological polar surface area (TPSA) is 0 Å². The summed E-state index contributed by atoms with van der Waals surface area (Å²) >= 11 is 7.74. The Balaban J connectivity index is 1.75. The minimum atomic E-state index is -2.43. The molecule has 0 heterocycles. The van der Waals surface area contributed by atoms with Gasteiger partial charge in [-0.1, -0.05) is 206 Å². The predicted octanol–water partition coefficient (Wildman–Crippen LogP) is 8.36. The summed E-state index contributed by atoms with van der Waals surface area (Å²) in [5, 5.41) is 6.32. The zero-order chi connectivity index (χ0) is 29.8. The van der Waals surface area contributed by atoms with Crippen LogP contribution >= 0.6 is 6.04 Å². The second-order valence-electron chi connectivity index (χ2n) is 13.6. The summed E-state index contributed by atoms with van der Waals surface area (Å²) in [6, 6.07) is 45.2. The molecule has 2 aliphatic carbocycles. The summed E-state index contributed by atoms with van der Waals surface area (Å²) in [6.45, 7) is 5.51. The van der Waals surface area contributed by atoms with Crippen molar-refractivity contribution >= 4 is 54.7 Å². The lowest BCUT2D eigenvalue weighted by molar-refractivity contribution is 0.483. The molecular weight excluding hydrogens is 588 g/mol. The average molecular weight is 637 g/mol. The van der Waals surface area contributed by atoms with Crippen molar-refractivity contribution in [1.29, 1.82) is 0 Å². The van der Waals surface area contributed by atoms with E-state index in [4.69, 9.17) is 11.8 Å². The molecule has 0 bridgehead atoms. The van der Waals surface area contributed by atoms with Crippen LogP contribution in [0.15, 0.2) is 121 Å². The van der Waals surface area contributed by atoms with Gasteiger partial charge in [-0.3, -0.25) is 0 Å². The van der Waals surface area contributed by atoms with Crippen molar-refractivity contribution in [2.24, 2.45) is 0 Å². The fraction of sp³-hybridized carbons (Fsp3) is 0.385. The minimum absolute atomic E-state index is 0.531. The molecule has 2 fully saturated rings. The second kappa shape index (κ2) is 13.5. The van der Waals surface area contributed by atoms with Crippen LogP contribution in [0.1, 0.15) is 64.2 Å². The molecule has 4 aromatic rings. The molecule has 2 saturated carbocycles. The van der Waals surface area contributed by atoms with Gasteiger partial charge in [0.25, 0.3) is 0 Å². The quantitative estimate of drug-likeness (QED) is 0.131. The summed E-state index contributed by atoms with van der Waals surface area (Å²) in [5.74, 6) is 0. The Kier molecular flexibility index (Phi) is 9.74. The van der Waals surface area contributed by atoms with E-state index < -0.39 is 22.2 Å². The monoisotopic (exact) mass is 636 g/mol. The maximum Gasteiger partial charge on any atom is 0.121 e. The second-order valence-corrected chi connectivity index (χ2v) is 28.8. The number of rotatable bonds is 9. The van der Waals surface area contributed by atoms with Gasteiger partial charge in [0.05, 0.1) is 0 Å². The fourth-order valence-corrected chi connectivity index (χ4v) is 40.9. The van der Waals surface area contributed by atoms with Crippen molar-refractivity contribution in [2.75, 3.05) is 0 Å². The molecule has 0 saturated heterocycles. The van der Waals surface area contributed by atoms with Crippen LogP contribution < -0.4 is 20.7 Å². The highest BCUT2D eigenvalue weighted by Crippen LogP contribution is 2.69. The van der Waals surface area contributed by atoms with Gasteiger partial charge >= 0.3 is 0 Å². The van der Waals surface area contributed by atoms with Crippen LogP contribution in [-0.4, -0.2) is 32.4 Å². The molecule has 6 rings (SSSR count). The highest BCUT2D eigenvalue weighted by atomic mass is 32.4. The van der Waals surface area contributed by atoms with Gasteiger partial charge in [-0.05, 0) is 47.9 Å². The number of hydrogen-bond acceptors (Lipinski definition) is 1. The van der Waals surface area contributed by atoms with Crippen molar-refractivity contribution in [1.82, 2.24) is 0 Å². The van der Waals surface area contributed by atoms with Crippen molar-refractivity contribution in [3.8, 4) is 0 Å². The van der Waals surface area contributed by atoms with Gasteiger partial charge in [0.15, 0.2) is 0 Å². The van der Waals surface area contributed by atoms with E-state index in [0.717, 1.165) is 0 Å². The van der Waals surface area contributed by atoms with E-state index in [2.05, 4.69) is 134 Å². The lowest BCUT2D eigenvalue weighted by Crippen LogP contribution is -2.79. The number of benzene rings is 4. The van der Waals surface area contributed by atoms with Gasteiger partial charge in [-0.2, -0.15) is 0 Å². The Morgan fingerprint density at radius 1 is 0.465 bits per heavy atom. The van der Waals surface area contributed by atoms with Crippen LogP contribution in [0, 0.1) is 0 Å².